The zero-order chi connectivity index (χ0) is 20.4. The topological polar surface area (TPSA) is 71.7 Å². The third kappa shape index (κ3) is 7.02. The van der Waals surface area contributed by atoms with Crippen LogP contribution in [0.4, 0.5) is 22.7 Å². The van der Waals surface area contributed by atoms with Gasteiger partial charge in [-0.15, -0.1) is 11.6 Å². The van der Waals surface area contributed by atoms with Crippen molar-refractivity contribution in [2.45, 2.75) is 0 Å². The minimum Gasteiger partial charge on any atom is -0.393 e. The number of carbonyl (C=O) groups is 1. The number of rotatable bonds is 10. The molecule has 0 aliphatic rings. The van der Waals surface area contributed by atoms with Gasteiger partial charge in [0.1, 0.15) is 5.88 Å². The second-order valence-corrected chi connectivity index (χ2v) is 6.43. The Morgan fingerprint density at radius 2 is 1.57 bits per heavy atom. The number of hydrogen-bond acceptors (Lipinski definition) is 6. The fourth-order valence-electron chi connectivity index (χ4n) is 2.33. The molecule has 0 saturated carbocycles. The van der Waals surface area contributed by atoms with E-state index in [0.717, 1.165) is 17.1 Å². The number of alkyl halides is 1. The molecule has 0 aliphatic carbocycles. The molecule has 0 atom stereocenters. The van der Waals surface area contributed by atoms with Gasteiger partial charge in [0.2, 0.25) is 5.91 Å². The molecular formula is C20H27ClN6O. The molecule has 7 nitrogen and oxygen atoms in total. The van der Waals surface area contributed by atoms with Gasteiger partial charge in [-0.25, -0.2) is 5.43 Å². The van der Waals surface area contributed by atoms with Crippen molar-refractivity contribution < 1.29 is 4.79 Å². The van der Waals surface area contributed by atoms with Crippen LogP contribution < -0.4 is 26.4 Å². The van der Waals surface area contributed by atoms with E-state index in [4.69, 9.17) is 11.6 Å². The number of nitrogens with one attached hydrogen (secondary N) is 4. The van der Waals surface area contributed by atoms with Crippen molar-refractivity contribution in [1.29, 1.82) is 0 Å². The van der Waals surface area contributed by atoms with E-state index in [2.05, 4.69) is 21.4 Å². The summed E-state index contributed by atoms with van der Waals surface area (Å²) in [6, 6.07) is 15.6. The van der Waals surface area contributed by atoms with Gasteiger partial charge in [0.05, 0.1) is 12.4 Å². The van der Waals surface area contributed by atoms with Gasteiger partial charge in [0.15, 0.2) is 0 Å². The van der Waals surface area contributed by atoms with Crippen molar-refractivity contribution in [2.24, 2.45) is 0 Å². The number of anilines is 4. The third-order valence-electron chi connectivity index (χ3n) is 3.89. The van der Waals surface area contributed by atoms with Gasteiger partial charge in [-0.05, 0) is 48.5 Å². The Hall–Kier alpha value is -2.90. The summed E-state index contributed by atoms with van der Waals surface area (Å²) in [5.74, 6) is -0.279. The average Bonchev–Trinajstić information content (AvgIpc) is 2.72. The fraction of sp³-hybridized carbons (Fsp3) is 0.250. The Balaban J connectivity index is 1.88. The zero-order valence-corrected chi connectivity index (χ0v) is 17.1. The molecule has 0 unspecified atom stereocenters. The lowest BCUT2D eigenvalue weighted by Gasteiger charge is -2.24. The molecule has 0 fully saturated rings. The average molecular weight is 403 g/mol. The molecule has 2 rings (SSSR count). The van der Waals surface area contributed by atoms with Crippen molar-refractivity contribution in [3.05, 3.63) is 60.9 Å². The van der Waals surface area contributed by atoms with Gasteiger partial charge in [0.25, 0.3) is 0 Å². The molecule has 28 heavy (non-hydrogen) atoms. The standard InChI is InChI=1S/C20H27ClN6O/c1-22-12-13-26(2)15-23-27(3)19-10-8-17(9-11-19)24-16-4-6-18(7-5-16)25-20(28)14-21/h4-13,22-24H,14-15H2,1-3H3,(H,25,28). The molecule has 4 N–H and O–H groups in total. The minimum atomic E-state index is -0.222. The molecule has 150 valence electrons. The van der Waals surface area contributed by atoms with E-state index in [-0.39, 0.29) is 11.8 Å². The molecule has 1 amide bonds. The van der Waals surface area contributed by atoms with E-state index in [0.29, 0.717) is 12.4 Å². The summed E-state index contributed by atoms with van der Waals surface area (Å²) in [6.45, 7) is 0.682. The monoisotopic (exact) mass is 402 g/mol. The molecule has 2 aromatic rings. The fourth-order valence-corrected chi connectivity index (χ4v) is 2.40. The highest BCUT2D eigenvalue weighted by Gasteiger charge is 2.03. The number of hydrogen-bond donors (Lipinski definition) is 4. The van der Waals surface area contributed by atoms with Crippen LogP contribution in [-0.4, -0.2) is 44.5 Å². The minimum absolute atomic E-state index is 0.0570. The summed E-state index contributed by atoms with van der Waals surface area (Å²) in [4.78, 5) is 13.3. The van der Waals surface area contributed by atoms with Gasteiger partial charge in [-0.1, -0.05) is 0 Å². The van der Waals surface area contributed by atoms with E-state index in [9.17, 15) is 4.79 Å². The maximum absolute atomic E-state index is 11.3. The summed E-state index contributed by atoms with van der Waals surface area (Å²) >= 11 is 5.49. The number of halogens is 1. The maximum Gasteiger partial charge on any atom is 0.239 e. The van der Waals surface area contributed by atoms with Crippen LogP contribution in [-0.2, 0) is 4.79 Å². The quantitative estimate of drug-likeness (QED) is 0.278. The Bertz CT molecular complexity index is 763. The predicted molar refractivity (Wildman–Crippen MR) is 118 cm³/mol. The first-order chi connectivity index (χ1) is 13.5. The van der Waals surface area contributed by atoms with Crippen molar-refractivity contribution in [3.63, 3.8) is 0 Å². The predicted octanol–water partition coefficient (Wildman–Crippen LogP) is 3.13. The number of hydrazine groups is 1. The molecule has 0 spiro atoms. The summed E-state index contributed by atoms with van der Waals surface area (Å²) in [5, 5.41) is 11.0. The van der Waals surface area contributed by atoms with Crippen LogP contribution >= 0.6 is 11.6 Å². The van der Waals surface area contributed by atoms with E-state index in [1.54, 1.807) is 0 Å². The van der Waals surface area contributed by atoms with Crippen LogP contribution in [0.15, 0.2) is 60.9 Å². The largest absolute Gasteiger partial charge is 0.393 e. The molecule has 8 heteroatoms. The van der Waals surface area contributed by atoms with Crippen LogP contribution in [0.25, 0.3) is 0 Å². The van der Waals surface area contributed by atoms with Crippen molar-refractivity contribution in [2.75, 3.05) is 49.3 Å². The molecule has 0 saturated heterocycles. The van der Waals surface area contributed by atoms with Gasteiger partial charge in [-0.2, -0.15) is 0 Å². The molecule has 0 bridgehead atoms. The molecule has 0 aliphatic heterocycles. The maximum atomic E-state index is 11.3. The second-order valence-electron chi connectivity index (χ2n) is 6.17. The van der Waals surface area contributed by atoms with Gasteiger partial charge in [-0.3, -0.25) is 4.79 Å². The highest BCUT2D eigenvalue weighted by molar-refractivity contribution is 6.29. The first kappa shape index (κ1) is 21.4. The Labute approximate surface area is 171 Å². The molecule has 2 aromatic carbocycles. The molecule has 0 radical (unpaired) electrons. The van der Waals surface area contributed by atoms with Crippen LogP contribution in [0, 0.1) is 0 Å². The van der Waals surface area contributed by atoms with Crippen LogP contribution in [0.1, 0.15) is 0 Å². The number of carbonyl (C=O) groups excluding carboxylic acids is 1. The smallest absolute Gasteiger partial charge is 0.239 e. The Morgan fingerprint density at radius 1 is 1.00 bits per heavy atom. The first-order valence-corrected chi connectivity index (χ1v) is 9.39. The summed E-state index contributed by atoms with van der Waals surface area (Å²) < 4.78 is 0. The number of amides is 1. The van der Waals surface area contributed by atoms with Crippen molar-refractivity contribution in [1.82, 2.24) is 15.6 Å². The summed E-state index contributed by atoms with van der Waals surface area (Å²) in [7, 11) is 5.84. The van der Waals surface area contributed by atoms with Crippen LogP contribution in [0.3, 0.4) is 0 Å². The SMILES string of the molecule is CNC=CN(C)CNN(C)c1ccc(Nc2ccc(NC(=O)CCl)cc2)cc1. The van der Waals surface area contributed by atoms with Gasteiger partial charge < -0.3 is 25.9 Å². The lowest BCUT2D eigenvalue weighted by molar-refractivity contribution is -0.113. The molecule has 0 aromatic heterocycles. The van der Waals surface area contributed by atoms with E-state index >= 15 is 0 Å². The van der Waals surface area contributed by atoms with E-state index in [1.807, 2.05) is 92.0 Å². The highest BCUT2D eigenvalue weighted by Crippen LogP contribution is 2.21. The zero-order valence-electron chi connectivity index (χ0n) is 16.4. The van der Waals surface area contributed by atoms with Crippen molar-refractivity contribution in [3.8, 4) is 0 Å². The van der Waals surface area contributed by atoms with E-state index < -0.39 is 0 Å². The lowest BCUT2D eigenvalue weighted by Crippen LogP contribution is -2.40. The second kappa shape index (κ2) is 11.1. The first-order valence-electron chi connectivity index (χ1n) is 8.86. The van der Waals surface area contributed by atoms with E-state index in [1.165, 1.54) is 0 Å². The Morgan fingerprint density at radius 3 is 2.14 bits per heavy atom. The van der Waals surface area contributed by atoms with Gasteiger partial charge in [0, 0.05) is 50.6 Å². The number of benzene rings is 2. The van der Waals surface area contributed by atoms with Crippen LogP contribution in [0.2, 0.25) is 0 Å². The van der Waals surface area contributed by atoms with Crippen LogP contribution in [0.5, 0.6) is 0 Å². The number of nitrogens with zero attached hydrogens (tertiary/aromatic N) is 2. The Kier molecular flexibility index (Phi) is 8.45. The summed E-state index contributed by atoms with van der Waals surface area (Å²) in [5.41, 5.74) is 6.99. The normalized spacial score (nSPS) is 10.6. The summed E-state index contributed by atoms with van der Waals surface area (Å²) in [6.07, 6.45) is 3.83. The van der Waals surface area contributed by atoms with Gasteiger partial charge >= 0.3 is 0 Å². The highest BCUT2D eigenvalue weighted by atomic mass is 35.5. The van der Waals surface area contributed by atoms with Crippen molar-refractivity contribution >= 4 is 40.3 Å². The third-order valence-corrected chi connectivity index (χ3v) is 4.13. The lowest BCUT2D eigenvalue weighted by atomic mass is 10.2. The molecular weight excluding hydrogens is 376 g/mol. The molecule has 0 heterocycles.